The van der Waals surface area contributed by atoms with E-state index in [0.29, 0.717) is 6.04 Å². The number of hydrogen-bond donors (Lipinski definition) is 2. The molecule has 0 atom stereocenters. The Morgan fingerprint density at radius 2 is 1.48 bits per heavy atom. The average molecular weight is 314 g/mol. The van der Waals surface area contributed by atoms with Gasteiger partial charge in [0.1, 0.15) is 0 Å². The van der Waals surface area contributed by atoms with Gasteiger partial charge in [0.2, 0.25) is 0 Å². The minimum atomic E-state index is -0.154. The number of carbonyl (C=O) groups is 1. The highest BCUT2D eigenvalue weighted by Crippen LogP contribution is 2.58. The summed E-state index contributed by atoms with van der Waals surface area (Å²) < 4.78 is 0. The highest BCUT2D eigenvalue weighted by Gasteiger charge is 2.55. The maximum absolute atomic E-state index is 12.2. The third kappa shape index (κ3) is 2.55. The third-order valence-corrected chi connectivity index (χ3v) is 6.43. The van der Waals surface area contributed by atoms with Crippen LogP contribution in [0.4, 0.5) is 4.79 Å². The van der Waals surface area contributed by atoms with E-state index in [2.05, 4.69) is 10.2 Å². The van der Waals surface area contributed by atoms with Crippen molar-refractivity contribution in [3.05, 3.63) is 0 Å². The van der Waals surface area contributed by atoms with Crippen LogP contribution in [0.2, 0.25) is 0 Å². The number of nitrogens with one attached hydrogen (secondary N) is 1. The van der Waals surface area contributed by atoms with Gasteiger partial charge in [-0.2, -0.15) is 0 Å². The molecule has 4 saturated carbocycles. The monoisotopic (exact) mass is 313 g/mol. The summed E-state index contributed by atoms with van der Waals surface area (Å²) in [6.07, 6.45) is 10.1. The third-order valence-electron chi connectivity index (χ3n) is 6.43. The predicted octanol–water partition coefficient (Wildman–Crippen LogP) is 2.51. The first-order chi connectivity index (χ1) is 9.66. The van der Waals surface area contributed by atoms with Gasteiger partial charge in [-0.3, -0.25) is 0 Å². The topological polar surface area (TPSA) is 58.4 Å². The maximum atomic E-state index is 12.2. The lowest BCUT2D eigenvalue weighted by molar-refractivity contribution is -0.0850. The minimum Gasteiger partial charge on any atom is -0.351 e. The molecule has 1 saturated heterocycles. The Bertz CT molecular complexity index is 373. The van der Waals surface area contributed by atoms with E-state index in [9.17, 15) is 4.79 Å². The SMILES string of the molecule is Cl.NC(=O)N(C1CCNCC1)C12CC3CC(CC(C3)C1)C2. The lowest BCUT2D eigenvalue weighted by Gasteiger charge is -2.61. The van der Waals surface area contributed by atoms with E-state index in [-0.39, 0.29) is 24.0 Å². The van der Waals surface area contributed by atoms with Gasteiger partial charge in [-0.1, -0.05) is 0 Å². The van der Waals surface area contributed by atoms with Crippen LogP contribution in [-0.4, -0.2) is 35.6 Å². The van der Waals surface area contributed by atoms with Gasteiger partial charge in [0.05, 0.1) is 0 Å². The van der Waals surface area contributed by atoms with Crippen molar-refractivity contribution < 1.29 is 4.79 Å². The van der Waals surface area contributed by atoms with Crippen LogP contribution in [0.15, 0.2) is 0 Å². The van der Waals surface area contributed by atoms with Gasteiger partial charge in [0, 0.05) is 11.6 Å². The molecule has 0 aromatic heterocycles. The van der Waals surface area contributed by atoms with Crippen molar-refractivity contribution in [2.75, 3.05) is 13.1 Å². The number of hydrogen-bond acceptors (Lipinski definition) is 2. The Kier molecular flexibility index (Phi) is 4.12. The second-order valence-corrected chi connectivity index (χ2v) is 7.83. The van der Waals surface area contributed by atoms with E-state index in [1.54, 1.807) is 0 Å². The molecule has 3 N–H and O–H groups in total. The zero-order valence-electron chi connectivity index (χ0n) is 12.7. The standard InChI is InChI=1S/C16H27N3O.ClH/c17-15(20)19(14-1-3-18-4-2-14)16-8-11-5-12(9-16)7-13(6-11)10-16;/h11-14,18H,1-10H2,(H2,17,20);1H. The first kappa shape index (κ1) is 15.4. The molecule has 0 unspecified atom stereocenters. The zero-order valence-corrected chi connectivity index (χ0v) is 13.5. The van der Waals surface area contributed by atoms with Crippen molar-refractivity contribution in [1.82, 2.24) is 10.2 Å². The van der Waals surface area contributed by atoms with Crippen LogP contribution in [-0.2, 0) is 0 Å². The quantitative estimate of drug-likeness (QED) is 0.823. The predicted molar refractivity (Wildman–Crippen MR) is 85.5 cm³/mol. The summed E-state index contributed by atoms with van der Waals surface area (Å²) in [4.78, 5) is 14.4. The van der Waals surface area contributed by atoms with Crippen LogP contribution >= 0.6 is 12.4 Å². The van der Waals surface area contributed by atoms with Gasteiger partial charge in [-0.05, 0) is 82.2 Å². The number of carbonyl (C=O) groups excluding carboxylic acids is 1. The van der Waals surface area contributed by atoms with E-state index >= 15 is 0 Å². The van der Waals surface area contributed by atoms with Crippen molar-refractivity contribution in [3.63, 3.8) is 0 Å². The number of amides is 2. The average Bonchev–Trinajstić information content (AvgIpc) is 2.37. The summed E-state index contributed by atoms with van der Waals surface area (Å²) in [5.41, 5.74) is 5.98. The van der Waals surface area contributed by atoms with Gasteiger partial charge in [-0.15, -0.1) is 12.4 Å². The molecule has 5 heteroatoms. The van der Waals surface area contributed by atoms with Crippen LogP contribution < -0.4 is 11.1 Å². The molecule has 120 valence electrons. The minimum absolute atomic E-state index is 0. The van der Waals surface area contributed by atoms with Crippen LogP contribution in [0.1, 0.15) is 51.4 Å². The summed E-state index contributed by atoms with van der Waals surface area (Å²) in [5, 5.41) is 3.40. The molecule has 1 heterocycles. The molecule has 0 spiro atoms. The number of halogens is 1. The van der Waals surface area contributed by atoms with Gasteiger partial charge in [-0.25, -0.2) is 4.79 Å². The summed E-state index contributed by atoms with van der Waals surface area (Å²) in [6.45, 7) is 2.06. The number of primary amides is 1. The Balaban J connectivity index is 0.00000132. The van der Waals surface area contributed by atoms with E-state index in [1.807, 2.05) is 0 Å². The Morgan fingerprint density at radius 3 is 1.90 bits per heavy atom. The first-order valence-electron chi connectivity index (χ1n) is 8.46. The van der Waals surface area contributed by atoms with Crippen LogP contribution in [0.25, 0.3) is 0 Å². The van der Waals surface area contributed by atoms with E-state index in [4.69, 9.17) is 5.73 Å². The maximum Gasteiger partial charge on any atom is 0.315 e. The first-order valence-corrected chi connectivity index (χ1v) is 8.46. The molecular formula is C16H28ClN3O. The molecular weight excluding hydrogens is 286 g/mol. The number of rotatable bonds is 2. The summed E-state index contributed by atoms with van der Waals surface area (Å²) in [7, 11) is 0. The van der Waals surface area contributed by atoms with Crippen molar-refractivity contribution in [2.24, 2.45) is 23.5 Å². The molecule has 5 rings (SSSR count). The van der Waals surface area contributed by atoms with Gasteiger partial charge < -0.3 is 16.0 Å². The Labute approximate surface area is 133 Å². The zero-order chi connectivity index (χ0) is 13.7. The van der Waals surface area contributed by atoms with Gasteiger partial charge >= 0.3 is 6.03 Å². The van der Waals surface area contributed by atoms with Crippen LogP contribution in [0.5, 0.6) is 0 Å². The molecule has 4 nitrogen and oxygen atoms in total. The van der Waals surface area contributed by atoms with Crippen LogP contribution in [0.3, 0.4) is 0 Å². The molecule has 2 amide bonds. The van der Waals surface area contributed by atoms with Crippen molar-refractivity contribution >= 4 is 18.4 Å². The highest BCUT2D eigenvalue weighted by molar-refractivity contribution is 5.85. The molecule has 0 aromatic rings. The number of piperidine rings is 1. The molecule has 4 bridgehead atoms. The normalized spacial score (nSPS) is 41.6. The van der Waals surface area contributed by atoms with Crippen molar-refractivity contribution in [3.8, 4) is 0 Å². The van der Waals surface area contributed by atoms with E-state index in [1.165, 1.54) is 38.5 Å². The largest absolute Gasteiger partial charge is 0.351 e. The molecule has 5 aliphatic rings. The van der Waals surface area contributed by atoms with E-state index in [0.717, 1.165) is 43.7 Å². The van der Waals surface area contributed by atoms with Crippen LogP contribution in [0, 0.1) is 17.8 Å². The summed E-state index contributed by atoms with van der Waals surface area (Å²) in [5.74, 6) is 2.60. The van der Waals surface area contributed by atoms with Gasteiger partial charge in [0.25, 0.3) is 0 Å². The number of urea groups is 1. The smallest absolute Gasteiger partial charge is 0.315 e. The lowest BCUT2D eigenvalue weighted by atomic mass is 9.52. The van der Waals surface area contributed by atoms with E-state index < -0.39 is 0 Å². The fourth-order valence-corrected chi connectivity index (χ4v) is 6.23. The second kappa shape index (κ2) is 5.62. The van der Waals surface area contributed by atoms with Crippen molar-refractivity contribution in [1.29, 1.82) is 0 Å². The molecule has 0 radical (unpaired) electrons. The lowest BCUT2D eigenvalue weighted by Crippen LogP contribution is -2.66. The molecule has 1 aliphatic heterocycles. The molecule has 5 fully saturated rings. The second-order valence-electron chi connectivity index (χ2n) is 7.83. The molecule has 21 heavy (non-hydrogen) atoms. The molecule has 4 aliphatic carbocycles. The molecule has 0 aromatic carbocycles. The Hall–Kier alpha value is -0.480. The summed E-state index contributed by atoms with van der Waals surface area (Å²) in [6, 6.07) is 0.226. The number of nitrogens with zero attached hydrogens (tertiary/aromatic N) is 1. The fraction of sp³-hybridized carbons (Fsp3) is 0.938. The summed E-state index contributed by atoms with van der Waals surface area (Å²) >= 11 is 0. The number of nitrogens with two attached hydrogens (primary N) is 1. The van der Waals surface area contributed by atoms with Crippen molar-refractivity contribution in [2.45, 2.75) is 62.9 Å². The highest BCUT2D eigenvalue weighted by atomic mass is 35.5. The van der Waals surface area contributed by atoms with Gasteiger partial charge in [0.15, 0.2) is 0 Å². The Morgan fingerprint density at radius 1 is 1.00 bits per heavy atom. The fourth-order valence-electron chi connectivity index (χ4n) is 6.23.